The second-order valence-corrected chi connectivity index (χ2v) is 5.71. The van der Waals surface area contributed by atoms with Gasteiger partial charge in [-0.15, -0.1) is 0 Å². The normalized spacial score (nSPS) is 23.5. The number of rotatable bonds is 3. The second-order valence-electron chi connectivity index (χ2n) is 5.28. The molecule has 1 fully saturated rings. The van der Waals surface area contributed by atoms with Gasteiger partial charge in [0.15, 0.2) is 0 Å². The zero-order valence-electron chi connectivity index (χ0n) is 11.4. The number of nitrogen functional groups attached to an aromatic ring is 1. The number of nitrogens with two attached hydrogens (primary N) is 1. The molecule has 2 atom stereocenters. The smallest absolute Gasteiger partial charge is 0.129 e. The first-order chi connectivity index (χ1) is 8.97. The lowest BCUT2D eigenvalue weighted by Gasteiger charge is -2.38. The van der Waals surface area contributed by atoms with Crippen LogP contribution in [0, 0.1) is 0 Å². The van der Waals surface area contributed by atoms with Gasteiger partial charge in [-0.25, -0.2) is 4.98 Å². The van der Waals surface area contributed by atoms with Crippen LogP contribution in [0.25, 0.3) is 0 Å². The zero-order chi connectivity index (χ0) is 14.0. The summed E-state index contributed by atoms with van der Waals surface area (Å²) in [5.41, 5.74) is 6.42. The van der Waals surface area contributed by atoms with Gasteiger partial charge in [0.25, 0.3) is 0 Å². The van der Waals surface area contributed by atoms with Gasteiger partial charge >= 0.3 is 0 Å². The highest BCUT2D eigenvalue weighted by Crippen LogP contribution is 2.27. The topological polar surface area (TPSA) is 65.6 Å². The van der Waals surface area contributed by atoms with E-state index in [1.54, 1.807) is 6.07 Å². The molecule has 0 saturated carbocycles. The minimum absolute atomic E-state index is 0.312. The van der Waals surface area contributed by atoms with Gasteiger partial charge in [-0.05, 0) is 26.6 Å². The first-order valence-electron chi connectivity index (χ1n) is 6.45. The molecule has 2 rings (SSSR count). The Balaban J connectivity index is 2.07. The molecule has 19 heavy (non-hydrogen) atoms. The van der Waals surface area contributed by atoms with Crippen LogP contribution in [0.2, 0.25) is 5.02 Å². The molecule has 3 N–H and O–H groups in total. The van der Waals surface area contributed by atoms with E-state index in [9.17, 15) is 5.11 Å². The van der Waals surface area contributed by atoms with Crippen molar-refractivity contribution in [2.45, 2.75) is 18.6 Å². The van der Waals surface area contributed by atoms with E-state index in [4.69, 9.17) is 17.3 Å². The average molecular weight is 285 g/mol. The molecule has 1 saturated heterocycles. The maximum atomic E-state index is 10.4. The summed E-state index contributed by atoms with van der Waals surface area (Å²) in [7, 11) is 4.19. The van der Waals surface area contributed by atoms with E-state index in [0.29, 0.717) is 28.9 Å². The molecular formula is C13H21ClN4O. The van der Waals surface area contributed by atoms with Crippen LogP contribution in [0.3, 0.4) is 0 Å². The highest BCUT2D eigenvalue weighted by atomic mass is 35.5. The number of likely N-dealkylation sites (N-methyl/N-ethyl adjacent to an activating group) is 2. The van der Waals surface area contributed by atoms with Crippen LogP contribution in [-0.4, -0.2) is 59.7 Å². The van der Waals surface area contributed by atoms with Gasteiger partial charge in [-0.1, -0.05) is 11.6 Å². The summed E-state index contributed by atoms with van der Waals surface area (Å²) in [4.78, 5) is 8.54. The van der Waals surface area contributed by atoms with Crippen molar-refractivity contribution >= 4 is 17.4 Å². The van der Waals surface area contributed by atoms with Gasteiger partial charge < -0.3 is 20.6 Å². The Morgan fingerprint density at radius 2 is 2.26 bits per heavy atom. The third-order valence-electron chi connectivity index (χ3n) is 3.75. The molecule has 0 radical (unpaired) electrons. The number of nitrogens with zero attached hydrogens (tertiary/aromatic N) is 3. The molecule has 6 heteroatoms. The summed E-state index contributed by atoms with van der Waals surface area (Å²) in [6, 6.07) is 2.01. The van der Waals surface area contributed by atoms with Crippen molar-refractivity contribution in [3.63, 3.8) is 0 Å². The van der Waals surface area contributed by atoms with Gasteiger partial charge in [0.2, 0.25) is 0 Å². The summed E-state index contributed by atoms with van der Waals surface area (Å²) in [5.74, 6) is 0.351. The Kier molecular flexibility index (Phi) is 4.62. The van der Waals surface area contributed by atoms with E-state index in [1.807, 2.05) is 0 Å². The van der Waals surface area contributed by atoms with E-state index >= 15 is 0 Å². The van der Waals surface area contributed by atoms with Crippen LogP contribution in [0.5, 0.6) is 0 Å². The van der Waals surface area contributed by atoms with Gasteiger partial charge in [0, 0.05) is 37.4 Å². The number of halogens is 1. The number of anilines is 1. The summed E-state index contributed by atoms with van der Waals surface area (Å²) >= 11 is 5.91. The number of aromatic nitrogens is 1. The first-order valence-corrected chi connectivity index (χ1v) is 6.83. The standard InChI is InChI=1S/C13H21ClN4O/c1-17-3-4-18(2)10(8-17)6-12(19)11-5-9(14)7-16-13(11)15/h5,7,10,12,19H,3-4,6,8H2,1-2H3,(H2,15,16). The minimum atomic E-state index is -0.634. The van der Waals surface area contributed by atoms with Crippen LogP contribution in [0.15, 0.2) is 12.3 Å². The molecule has 1 aliphatic rings. The van der Waals surface area contributed by atoms with E-state index in [-0.39, 0.29) is 0 Å². The van der Waals surface area contributed by atoms with Crippen molar-refractivity contribution in [1.82, 2.24) is 14.8 Å². The van der Waals surface area contributed by atoms with Crippen molar-refractivity contribution in [2.75, 3.05) is 39.5 Å². The van der Waals surface area contributed by atoms with Gasteiger partial charge in [0.05, 0.1) is 11.1 Å². The van der Waals surface area contributed by atoms with Crippen molar-refractivity contribution in [3.8, 4) is 0 Å². The van der Waals surface area contributed by atoms with E-state index in [1.165, 1.54) is 6.20 Å². The summed E-state index contributed by atoms with van der Waals surface area (Å²) < 4.78 is 0. The SMILES string of the molecule is CN1CCN(C)C(CC(O)c2cc(Cl)cnc2N)C1. The molecule has 1 aliphatic heterocycles. The van der Waals surface area contributed by atoms with Crippen molar-refractivity contribution in [1.29, 1.82) is 0 Å². The number of pyridine rings is 1. The fraction of sp³-hybridized carbons (Fsp3) is 0.615. The van der Waals surface area contributed by atoms with E-state index in [0.717, 1.165) is 19.6 Å². The van der Waals surface area contributed by atoms with Crippen LogP contribution in [0.1, 0.15) is 18.1 Å². The Morgan fingerprint density at radius 3 is 3.00 bits per heavy atom. The zero-order valence-corrected chi connectivity index (χ0v) is 12.1. The molecule has 2 heterocycles. The quantitative estimate of drug-likeness (QED) is 0.866. The third-order valence-corrected chi connectivity index (χ3v) is 3.96. The monoisotopic (exact) mass is 284 g/mol. The van der Waals surface area contributed by atoms with E-state index in [2.05, 4.69) is 28.9 Å². The number of hydrogen-bond acceptors (Lipinski definition) is 5. The minimum Gasteiger partial charge on any atom is -0.388 e. The molecular weight excluding hydrogens is 264 g/mol. The fourth-order valence-electron chi connectivity index (χ4n) is 2.47. The highest BCUT2D eigenvalue weighted by Gasteiger charge is 2.26. The molecule has 2 unspecified atom stereocenters. The lowest BCUT2D eigenvalue weighted by Crippen LogP contribution is -2.50. The third kappa shape index (κ3) is 3.57. The molecule has 106 valence electrons. The second kappa shape index (κ2) is 6.05. The molecule has 1 aromatic heterocycles. The number of aliphatic hydroxyl groups is 1. The Labute approximate surface area is 119 Å². The Morgan fingerprint density at radius 1 is 1.53 bits per heavy atom. The Bertz CT molecular complexity index is 443. The first kappa shape index (κ1) is 14.5. The summed E-state index contributed by atoms with van der Waals surface area (Å²) in [5, 5.41) is 10.9. The van der Waals surface area contributed by atoms with Gasteiger partial charge in [-0.2, -0.15) is 0 Å². The van der Waals surface area contributed by atoms with Crippen molar-refractivity contribution < 1.29 is 5.11 Å². The summed E-state index contributed by atoms with van der Waals surface area (Å²) in [6.07, 6.45) is 1.49. The molecule has 0 spiro atoms. The van der Waals surface area contributed by atoms with Gasteiger partial charge in [-0.3, -0.25) is 0 Å². The molecule has 5 nitrogen and oxygen atoms in total. The van der Waals surface area contributed by atoms with Crippen LogP contribution in [0.4, 0.5) is 5.82 Å². The number of hydrogen-bond donors (Lipinski definition) is 2. The predicted molar refractivity (Wildman–Crippen MR) is 77.2 cm³/mol. The number of aliphatic hydroxyl groups excluding tert-OH is 1. The van der Waals surface area contributed by atoms with Gasteiger partial charge in [0.1, 0.15) is 5.82 Å². The maximum Gasteiger partial charge on any atom is 0.129 e. The van der Waals surface area contributed by atoms with Crippen LogP contribution < -0.4 is 5.73 Å². The average Bonchev–Trinajstić information content (AvgIpc) is 2.36. The molecule has 1 aromatic rings. The number of piperazine rings is 1. The lowest BCUT2D eigenvalue weighted by atomic mass is 10.00. The molecule has 0 aliphatic carbocycles. The highest BCUT2D eigenvalue weighted by molar-refractivity contribution is 6.30. The van der Waals surface area contributed by atoms with Crippen LogP contribution >= 0.6 is 11.6 Å². The molecule has 0 bridgehead atoms. The van der Waals surface area contributed by atoms with Crippen molar-refractivity contribution in [2.24, 2.45) is 0 Å². The van der Waals surface area contributed by atoms with Crippen molar-refractivity contribution in [3.05, 3.63) is 22.8 Å². The lowest BCUT2D eigenvalue weighted by molar-refractivity contribution is 0.0636. The van der Waals surface area contributed by atoms with E-state index < -0.39 is 6.10 Å². The Hall–Kier alpha value is -0.880. The van der Waals surface area contributed by atoms with Crippen LogP contribution in [-0.2, 0) is 0 Å². The predicted octanol–water partition coefficient (Wildman–Crippen LogP) is 0.987. The molecule has 0 amide bonds. The largest absolute Gasteiger partial charge is 0.388 e. The maximum absolute atomic E-state index is 10.4. The fourth-order valence-corrected chi connectivity index (χ4v) is 2.64. The summed E-state index contributed by atoms with van der Waals surface area (Å²) in [6.45, 7) is 3.02. The molecule has 0 aromatic carbocycles.